The van der Waals surface area contributed by atoms with Crippen molar-refractivity contribution in [2.75, 3.05) is 51.7 Å². The number of carbonyl (C=O) groups excluding carboxylic acids is 1. The summed E-state index contributed by atoms with van der Waals surface area (Å²) < 4.78 is 21.4. The number of hydrogen-bond donors (Lipinski definition) is 0. The molecule has 0 atom stereocenters. The fraction of sp³-hybridized carbons (Fsp3) is 0.321. The van der Waals surface area contributed by atoms with Gasteiger partial charge in [-0.2, -0.15) is 0 Å². The lowest BCUT2D eigenvalue weighted by molar-refractivity contribution is -0.255. The number of rotatable bonds is 14. The van der Waals surface area contributed by atoms with Crippen LogP contribution in [0.1, 0.15) is 21.5 Å². The molecule has 35 heavy (non-hydrogen) atoms. The first-order valence-electron chi connectivity index (χ1n) is 11.6. The maximum atomic E-state index is 12.0. The third kappa shape index (κ3) is 7.82. The fourth-order valence-corrected chi connectivity index (χ4v) is 3.45. The minimum Gasteiger partial charge on any atom is -0.545 e. The zero-order valence-electron chi connectivity index (χ0n) is 20.5. The van der Waals surface area contributed by atoms with Crippen LogP contribution in [0.3, 0.4) is 0 Å². The molecular weight excluding hydrogens is 446 g/mol. The minimum absolute atomic E-state index is 0.0189. The van der Waals surface area contributed by atoms with Crippen molar-refractivity contribution in [1.82, 2.24) is 0 Å². The summed E-state index contributed by atoms with van der Waals surface area (Å²) in [6.45, 7) is 6.49. The van der Waals surface area contributed by atoms with Gasteiger partial charge < -0.3 is 33.7 Å². The average Bonchev–Trinajstić information content (AvgIpc) is 2.86. The summed E-state index contributed by atoms with van der Waals surface area (Å²) >= 11 is 0. The fourth-order valence-electron chi connectivity index (χ4n) is 3.45. The molecule has 7 nitrogen and oxygen atoms in total. The molecule has 0 amide bonds. The highest BCUT2D eigenvalue weighted by atomic mass is 16.6. The second-order valence-electron chi connectivity index (χ2n) is 8.04. The lowest BCUT2D eigenvalue weighted by Gasteiger charge is -2.27. The molecule has 0 N–H and O–H groups in total. The third-order valence-corrected chi connectivity index (χ3v) is 5.31. The van der Waals surface area contributed by atoms with Crippen molar-refractivity contribution in [2.24, 2.45) is 0 Å². The second kappa shape index (κ2) is 13.5. The highest BCUT2D eigenvalue weighted by molar-refractivity contribution is 5.92. The Hall–Kier alpha value is -3.39. The second-order valence-corrected chi connectivity index (χ2v) is 8.04. The summed E-state index contributed by atoms with van der Waals surface area (Å²) in [4.78, 5) is 14.0. The van der Waals surface area contributed by atoms with Crippen LogP contribution in [0.2, 0.25) is 0 Å². The lowest BCUT2D eigenvalue weighted by atomic mass is 10.1. The monoisotopic (exact) mass is 478 g/mol. The minimum atomic E-state index is -1.30. The van der Waals surface area contributed by atoms with Crippen LogP contribution in [0.4, 0.5) is 17.1 Å². The molecule has 3 rings (SSSR count). The molecule has 0 aliphatic heterocycles. The number of methoxy groups -OCH3 is 1. The van der Waals surface area contributed by atoms with Crippen LogP contribution >= 0.6 is 0 Å². The van der Waals surface area contributed by atoms with Crippen molar-refractivity contribution < 1.29 is 28.8 Å². The summed E-state index contributed by atoms with van der Waals surface area (Å²) in [7, 11) is 1.62. The van der Waals surface area contributed by atoms with Crippen LogP contribution in [0.5, 0.6) is 5.75 Å². The van der Waals surface area contributed by atoms with Gasteiger partial charge in [0.2, 0.25) is 0 Å². The van der Waals surface area contributed by atoms with E-state index in [-0.39, 0.29) is 17.9 Å². The highest BCUT2D eigenvalue weighted by Crippen LogP contribution is 2.36. The highest BCUT2D eigenvalue weighted by Gasteiger charge is 2.15. The van der Waals surface area contributed by atoms with E-state index >= 15 is 0 Å². The predicted octanol–water partition coefficient (Wildman–Crippen LogP) is 4.20. The van der Waals surface area contributed by atoms with E-state index in [0.717, 1.165) is 22.5 Å². The molecule has 3 aromatic carbocycles. The van der Waals surface area contributed by atoms with Crippen molar-refractivity contribution in [2.45, 2.75) is 13.8 Å². The Kier molecular flexibility index (Phi) is 10.1. The number of anilines is 3. The number of carboxylic acids is 1. The summed E-state index contributed by atoms with van der Waals surface area (Å²) in [5.74, 6) is -1.07. The Bertz CT molecular complexity index is 1020. The third-order valence-electron chi connectivity index (χ3n) is 5.31. The Morgan fingerprint density at radius 3 is 1.71 bits per heavy atom. The molecule has 0 saturated heterocycles. The molecule has 0 spiro atoms. The van der Waals surface area contributed by atoms with Crippen molar-refractivity contribution in [1.29, 1.82) is 0 Å². The van der Waals surface area contributed by atoms with Gasteiger partial charge in [0.05, 0.1) is 39.0 Å². The van der Waals surface area contributed by atoms with Gasteiger partial charge in [0.1, 0.15) is 12.4 Å². The van der Waals surface area contributed by atoms with Gasteiger partial charge in [-0.05, 0) is 56.3 Å². The van der Waals surface area contributed by atoms with Crippen molar-refractivity contribution in [3.05, 3.63) is 83.4 Å². The van der Waals surface area contributed by atoms with E-state index in [1.54, 1.807) is 19.2 Å². The maximum absolute atomic E-state index is 12.0. The molecule has 0 saturated carbocycles. The summed E-state index contributed by atoms with van der Waals surface area (Å²) in [6.07, 6.45) is 0. The van der Waals surface area contributed by atoms with E-state index in [1.807, 2.05) is 73.3 Å². The van der Waals surface area contributed by atoms with Crippen LogP contribution in [0.15, 0.2) is 66.7 Å². The standard InChI is InChI=1S/C28H33NO6/c1-21-4-8-23(9-5-21)29(24-10-6-22(2)7-11-24)25-12-13-27(26(20-25)28(30)31)35-19-18-34-17-16-33-15-14-32-3/h4-13,20H,14-19H2,1-3H3,(H,30,31)/p-1. The molecule has 186 valence electrons. The first kappa shape index (κ1) is 26.2. The largest absolute Gasteiger partial charge is 0.545 e. The van der Waals surface area contributed by atoms with Gasteiger partial charge in [-0.25, -0.2) is 0 Å². The predicted molar refractivity (Wildman–Crippen MR) is 134 cm³/mol. The molecule has 3 aromatic rings. The molecule has 0 fully saturated rings. The number of aryl methyl sites for hydroxylation is 2. The van der Waals surface area contributed by atoms with Crippen LogP contribution in [0.25, 0.3) is 0 Å². The molecule has 0 aliphatic carbocycles. The van der Waals surface area contributed by atoms with Crippen molar-refractivity contribution in [3.8, 4) is 5.75 Å². The van der Waals surface area contributed by atoms with Crippen LogP contribution in [0, 0.1) is 13.8 Å². The van der Waals surface area contributed by atoms with Gasteiger partial charge in [0.15, 0.2) is 0 Å². The topological polar surface area (TPSA) is 80.3 Å². The van der Waals surface area contributed by atoms with E-state index in [0.29, 0.717) is 38.7 Å². The van der Waals surface area contributed by atoms with E-state index < -0.39 is 5.97 Å². The van der Waals surface area contributed by atoms with Crippen LogP contribution < -0.4 is 14.7 Å². The molecular formula is C28H32NO6-. The summed E-state index contributed by atoms with van der Waals surface area (Å²) in [5.41, 5.74) is 4.78. The number of carboxylic acid groups (broad SMARTS) is 1. The van der Waals surface area contributed by atoms with Gasteiger partial charge in [-0.15, -0.1) is 0 Å². The Morgan fingerprint density at radius 2 is 1.20 bits per heavy atom. The van der Waals surface area contributed by atoms with Crippen LogP contribution in [-0.2, 0) is 14.2 Å². The van der Waals surface area contributed by atoms with Crippen molar-refractivity contribution >= 4 is 23.0 Å². The lowest BCUT2D eigenvalue weighted by Crippen LogP contribution is -2.24. The number of aromatic carboxylic acids is 1. The zero-order chi connectivity index (χ0) is 25.0. The van der Waals surface area contributed by atoms with E-state index in [1.165, 1.54) is 0 Å². The van der Waals surface area contributed by atoms with Gasteiger partial charge in [-0.1, -0.05) is 35.4 Å². The van der Waals surface area contributed by atoms with Crippen LogP contribution in [-0.4, -0.2) is 52.7 Å². The number of ether oxygens (including phenoxy) is 4. The van der Waals surface area contributed by atoms with E-state index in [9.17, 15) is 9.90 Å². The zero-order valence-corrected chi connectivity index (χ0v) is 20.5. The number of carbonyl (C=O) groups is 1. The molecule has 0 heterocycles. The molecule has 0 radical (unpaired) electrons. The number of nitrogens with zero attached hydrogens (tertiary/aromatic N) is 1. The molecule has 0 unspecified atom stereocenters. The van der Waals surface area contributed by atoms with E-state index in [4.69, 9.17) is 18.9 Å². The number of benzene rings is 3. The molecule has 7 heteroatoms. The first-order valence-corrected chi connectivity index (χ1v) is 11.6. The quantitative estimate of drug-likeness (QED) is 0.321. The van der Waals surface area contributed by atoms with Gasteiger partial charge >= 0.3 is 0 Å². The smallest absolute Gasteiger partial charge is 0.128 e. The first-order chi connectivity index (χ1) is 17.0. The Labute approximate surface area is 206 Å². The SMILES string of the molecule is COCCOCCOCCOc1ccc(N(c2ccc(C)cc2)c2ccc(C)cc2)cc1C(=O)[O-]. The molecule has 0 aromatic heterocycles. The molecule has 0 bridgehead atoms. The van der Waals surface area contributed by atoms with Gasteiger partial charge in [0, 0.05) is 29.7 Å². The van der Waals surface area contributed by atoms with Crippen molar-refractivity contribution in [3.63, 3.8) is 0 Å². The number of hydrogen-bond acceptors (Lipinski definition) is 7. The maximum Gasteiger partial charge on any atom is 0.128 e. The van der Waals surface area contributed by atoms with Gasteiger partial charge in [0.25, 0.3) is 0 Å². The Morgan fingerprint density at radius 1 is 0.714 bits per heavy atom. The Balaban J connectivity index is 1.74. The van der Waals surface area contributed by atoms with E-state index in [2.05, 4.69) is 0 Å². The average molecular weight is 479 g/mol. The summed E-state index contributed by atoms with van der Waals surface area (Å²) in [6, 6.07) is 21.2. The summed E-state index contributed by atoms with van der Waals surface area (Å²) in [5, 5.41) is 12.0. The normalized spacial score (nSPS) is 10.8. The van der Waals surface area contributed by atoms with Gasteiger partial charge in [-0.3, -0.25) is 0 Å². The molecule has 0 aliphatic rings.